The minimum absolute atomic E-state index is 0.185. The molecule has 2 aromatic carbocycles. The van der Waals surface area contributed by atoms with Crippen LogP contribution in [0, 0.1) is 6.92 Å². The molecule has 28 heavy (non-hydrogen) atoms. The van der Waals surface area contributed by atoms with Gasteiger partial charge in [0.25, 0.3) is 5.89 Å². The highest BCUT2D eigenvalue weighted by atomic mass is 79.9. The summed E-state index contributed by atoms with van der Waals surface area (Å²) in [6.07, 6.45) is 0. The topological polar surface area (TPSA) is 86.2 Å². The monoisotopic (exact) mass is 458 g/mol. The van der Waals surface area contributed by atoms with Crippen molar-refractivity contribution in [3.63, 3.8) is 0 Å². The summed E-state index contributed by atoms with van der Waals surface area (Å²) >= 11 is 3.45. The second kappa shape index (κ2) is 7.37. The van der Waals surface area contributed by atoms with E-state index in [9.17, 15) is 8.42 Å². The number of hydrogen-bond acceptors (Lipinski definition) is 6. The third-order valence-corrected chi connectivity index (χ3v) is 6.47. The lowest BCUT2D eigenvalue weighted by atomic mass is 10.2. The average molecular weight is 459 g/mol. The number of nitrogens with zero attached hydrogens (tertiary/aromatic N) is 2. The molecule has 0 aliphatic rings. The first-order valence-corrected chi connectivity index (χ1v) is 10.8. The molecule has 0 N–H and O–H groups in total. The van der Waals surface area contributed by atoms with Crippen LogP contribution in [0.25, 0.3) is 23.0 Å². The van der Waals surface area contributed by atoms with Gasteiger partial charge in [-0.25, -0.2) is 8.42 Å². The molecule has 0 amide bonds. The van der Waals surface area contributed by atoms with E-state index < -0.39 is 9.84 Å². The van der Waals surface area contributed by atoms with E-state index in [1.165, 1.54) is 0 Å². The summed E-state index contributed by atoms with van der Waals surface area (Å²) in [6.45, 7) is 1.90. The Kier molecular flexibility index (Phi) is 4.91. The van der Waals surface area contributed by atoms with Crippen molar-refractivity contribution in [2.45, 2.75) is 17.6 Å². The van der Waals surface area contributed by atoms with E-state index in [0.29, 0.717) is 17.3 Å². The van der Waals surface area contributed by atoms with Crippen molar-refractivity contribution in [1.29, 1.82) is 0 Å². The lowest BCUT2D eigenvalue weighted by Gasteiger charge is -2.02. The second-order valence-electron chi connectivity index (χ2n) is 6.24. The minimum Gasteiger partial charge on any atom is -0.455 e. The summed E-state index contributed by atoms with van der Waals surface area (Å²) in [7, 11) is -3.51. The van der Waals surface area contributed by atoms with Crippen molar-refractivity contribution >= 4 is 25.8 Å². The Balaban J connectivity index is 1.57. The summed E-state index contributed by atoms with van der Waals surface area (Å²) in [4.78, 5) is 4.59. The number of rotatable bonds is 5. The molecule has 0 saturated carbocycles. The molecule has 4 aromatic rings. The lowest BCUT2D eigenvalue weighted by molar-refractivity contribution is 0.413. The molecular formula is C20H15BrN2O4S. The second-order valence-corrected chi connectivity index (χ2v) is 9.08. The molecule has 0 unspecified atom stereocenters. The number of sulfone groups is 1. The normalized spacial score (nSPS) is 11.6. The highest BCUT2D eigenvalue weighted by Gasteiger charge is 2.20. The van der Waals surface area contributed by atoms with E-state index in [2.05, 4.69) is 26.1 Å². The Bertz CT molecular complexity index is 1230. The smallest absolute Gasteiger partial charge is 0.293 e. The van der Waals surface area contributed by atoms with Gasteiger partial charge >= 0.3 is 0 Å². The van der Waals surface area contributed by atoms with Crippen LogP contribution in [0.1, 0.15) is 11.3 Å². The van der Waals surface area contributed by atoms with Crippen LogP contribution in [0.2, 0.25) is 0 Å². The summed E-state index contributed by atoms with van der Waals surface area (Å²) < 4.78 is 36.9. The van der Waals surface area contributed by atoms with Crippen LogP contribution >= 0.6 is 15.9 Å². The standard InChI is InChI=1S/C20H15BrN2O4S/c1-13-6-9-15(10-7-13)28(24,25)12-14-8-11-18(26-14)20-22-19(23-27-20)16-4-2-3-5-17(16)21/h2-11H,12H2,1H3. The fourth-order valence-corrected chi connectivity index (χ4v) is 4.37. The molecule has 2 aromatic heterocycles. The first-order valence-electron chi connectivity index (χ1n) is 8.39. The maximum absolute atomic E-state index is 12.6. The van der Waals surface area contributed by atoms with Crippen molar-refractivity contribution in [1.82, 2.24) is 10.1 Å². The van der Waals surface area contributed by atoms with Gasteiger partial charge in [0.15, 0.2) is 15.6 Å². The zero-order valence-corrected chi connectivity index (χ0v) is 17.2. The molecule has 0 bridgehead atoms. The third kappa shape index (κ3) is 3.79. The molecule has 142 valence electrons. The molecule has 0 radical (unpaired) electrons. The number of furan rings is 1. The van der Waals surface area contributed by atoms with Crippen LogP contribution in [-0.2, 0) is 15.6 Å². The molecule has 4 rings (SSSR count). The van der Waals surface area contributed by atoms with Gasteiger partial charge in [-0.05, 0) is 43.3 Å². The van der Waals surface area contributed by atoms with Gasteiger partial charge in [0.1, 0.15) is 11.5 Å². The Labute approximate surface area is 170 Å². The first-order chi connectivity index (χ1) is 13.4. The van der Waals surface area contributed by atoms with Gasteiger partial charge in [-0.2, -0.15) is 4.98 Å². The third-order valence-electron chi connectivity index (χ3n) is 4.13. The SMILES string of the molecule is Cc1ccc(S(=O)(=O)Cc2ccc(-c3nc(-c4ccccc4Br)no3)o2)cc1. The number of aromatic nitrogens is 2. The fraction of sp³-hybridized carbons (Fsp3) is 0.100. The van der Waals surface area contributed by atoms with E-state index in [1.54, 1.807) is 36.4 Å². The van der Waals surface area contributed by atoms with E-state index >= 15 is 0 Å². The summed E-state index contributed by atoms with van der Waals surface area (Å²) in [5.41, 5.74) is 1.78. The predicted octanol–water partition coefficient (Wildman–Crippen LogP) is 5.04. The van der Waals surface area contributed by atoms with Crippen LogP contribution in [0.3, 0.4) is 0 Å². The zero-order valence-electron chi connectivity index (χ0n) is 14.8. The Hall–Kier alpha value is -2.71. The van der Waals surface area contributed by atoms with Gasteiger partial charge in [0.2, 0.25) is 5.82 Å². The molecule has 8 heteroatoms. The van der Waals surface area contributed by atoms with Crippen LogP contribution in [0.15, 0.2) is 79.0 Å². The molecule has 0 aliphatic carbocycles. The van der Waals surface area contributed by atoms with Crippen molar-refractivity contribution < 1.29 is 17.4 Å². The van der Waals surface area contributed by atoms with Crippen LogP contribution < -0.4 is 0 Å². The summed E-state index contributed by atoms with van der Waals surface area (Å²) in [5, 5.41) is 3.97. The van der Waals surface area contributed by atoms with Gasteiger partial charge in [0, 0.05) is 10.0 Å². The minimum atomic E-state index is -3.51. The largest absolute Gasteiger partial charge is 0.455 e. The molecule has 6 nitrogen and oxygen atoms in total. The van der Waals surface area contributed by atoms with Crippen molar-refractivity contribution in [3.05, 3.63) is 76.5 Å². The first kappa shape index (κ1) is 18.6. The van der Waals surface area contributed by atoms with E-state index in [1.807, 2.05) is 31.2 Å². The highest BCUT2D eigenvalue weighted by molar-refractivity contribution is 9.10. The lowest BCUT2D eigenvalue weighted by Crippen LogP contribution is -2.04. The van der Waals surface area contributed by atoms with Crippen LogP contribution in [0.5, 0.6) is 0 Å². The predicted molar refractivity (Wildman–Crippen MR) is 107 cm³/mol. The number of hydrogen-bond donors (Lipinski definition) is 0. The summed E-state index contributed by atoms with van der Waals surface area (Å²) in [6, 6.07) is 17.4. The highest BCUT2D eigenvalue weighted by Crippen LogP contribution is 2.29. The van der Waals surface area contributed by atoms with Crippen LogP contribution in [0.4, 0.5) is 0 Å². The van der Waals surface area contributed by atoms with Crippen molar-refractivity contribution in [2.24, 2.45) is 0 Å². The van der Waals surface area contributed by atoms with Crippen LogP contribution in [-0.4, -0.2) is 18.6 Å². The van der Waals surface area contributed by atoms with Gasteiger partial charge in [0.05, 0.1) is 4.90 Å². The Morgan fingerprint density at radius 3 is 2.50 bits per heavy atom. The van der Waals surface area contributed by atoms with Gasteiger partial charge in [-0.1, -0.05) is 50.9 Å². The number of halogens is 1. The molecule has 0 fully saturated rings. The fourth-order valence-electron chi connectivity index (χ4n) is 2.66. The van der Waals surface area contributed by atoms with Crippen molar-refractivity contribution in [2.75, 3.05) is 0 Å². The summed E-state index contributed by atoms with van der Waals surface area (Å²) in [5.74, 6) is 0.968. The van der Waals surface area contributed by atoms with Gasteiger partial charge in [-0.3, -0.25) is 0 Å². The molecule has 0 saturated heterocycles. The molecule has 0 spiro atoms. The molecule has 0 aliphatic heterocycles. The molecule has 2 heterocycles. The van der Waals surface area contributed by atoms with E-state index in [0.717, 1.165) is 15.6 Å². The maximum Gasteiger partial charge on any atom is 0.293 e. The quantitative estimate of drug-likeness (QED) is 0.416. The molecular weight excluding hydrogens is 444 g/mol. The Morgan fingerprint density at radius 1 is 1.00 bits per heavy atom. The maximum atomic E-state index is 12.6. The zero-order chi connectivity index (χ0) is 19.7. The van der Waals surface area contributed by atoms with Crippen molar-refractivity contribution in [3.8, 4) is 23.0 Å². The van der Waals surface area contributed by atoms with E-state index in [-0.39, 0.29) is 16.5 Å². The van der Waals surface area contributed by atoms with Gasteiger partial charge < -0.3 is 8.94 Å². The van der Waals surface area contributed by atoms with Gasteiger partial charge in [-0.15, -0.1) is 0 Å². The molecule has 0 atom stereocenters. The van der Waals surface area contributed by atoms with E-state index in [4.69, 9.17) is 8.94 Å². The number of aryl methyl sites for hydroxylation is 1. The Morgan fingerprint density at radius 2 is 1.75 bits per heavy atom. The number of benzene rings is 2. The average Bonchev–Trinajstić information content (AvgIpc) is 3.31.